The Morgan fingerprint density at radius 1 is 1.13 bits per heavy atom. The lowest BCUT2D eigenvalue weighted by Gasteiger charge is -2.19. The first kappa shape index (κ1) is 23.1. The second-order valence-electron chi connectivity index (χ2n) is 6.30. The van der Waals surface area contributed by atoms with Crippen molar-refractivity contribution in [2.24, 2.45) is 4.99 Å². The number of nitro groups is 1. The number of ether oxygens (including phenoxy) is 2. The molecule has 0 aliphatic rings. The van der Waals surface area contributed by atoms with Gasteiger partial charge in [0.15, 0.2) is 0 Å². The number of hydrogen-bond donors (Lipinski definition) is 1. The van der Waals surface area contributed by atoms with Gasteiger partial charge in [0.25, 0.3) is 5.69 Å². The predicted molar refractivity (Wildman–Crippen MR) is 113 cm³/mol. The molecule has 0 aliphatic heterocycles. The Morgan fingerprint density at radius 2 is 1.70 bits per heavy atom. The van der Waals surface area contributed by atoms with Crippen LogP contribution in [0.4, 0.5) is 11.4 Å². The summed E-state index contributed by atoms with van der Waals surface area (Å²) in [6.45, 7) is 2.30. The summed E-state index contributed by atoms with van der Waals surface area (Å²) in [6.07, 6.45) is 0. The van der Waals surface area contributed by atoms with Crippen LogP contribution in [-0.4, -0.2) is 58.4 Å². The minimum atomic E-state index is -3.77. The molecule has 0 spiro atoms. The minimum absolute atomic E-state index is 0.0374. The Hall–Kier alpha value is -3.18. The standard InChI is InChI=1S/C19H24N4O6S/c1-14(21-15-11-17(28-3)13-18(12-15)29-4)22(2)10-9-20-30(26,27)19-7-5-16(6-8-19)23(24)25/h5-8,11-13,20H,9-10H2,1-4H3. The van der Waals surface area contributed by atoms with Crippen molar-refractivity contribution in [1.29, 1.82) is 0 Å². The number of nitro benzene ring substituents is 1. The number of sulfonamides is 1. The highest BCUT2D eigenvalue weighted by atomic mass is 32.2. The van der Waals surface area contributed by atoms with Crippen molar-refractivity contribution in [3.8, 4) is 11.5 Å². The van der Waals surface area contributed by atoms with Crippen LogP contribution in [0.25, 0.3) is 0 Å². The molecule has 0 bridgehead atoms. The molecule has 0 fully saturated rings. The maximum absolute atomic E-state index is 12.3. The molecule has 10 nitrogen and oxygen atoms in total. The fraction of sp³-hybridized carbons (Fsp3) is 0.316. The number of likely N-dealkylation sites (N-methyl/N-ethyl adjacent to an activating group) is 1. The van der Waals surface area contributed by atoms with Gasteiger partial charge in [-0.1, -0.05) is 0 Å². The van der Waals surface area contributed by atoms with E-state index < -0.39 is 14.9 Å². The number of aliphatic imine (C=N–C) groups is 1. The van der Waals surface area contributed by atoms with E-state index in [4.69, 9.17) is 9.47 Å². The smallest absolute Gasteiger partial charge is 0.269 e. The van der Waals surface area contributed by atoms with E-state index in [1.54, 1.807) is 51.3 Å². The van der Waals surface area contributed by atoms with Crippen molar-refractivity contribution < 1.29 is 22.8 Å². The average molecular weight is 436 g/mol. The zero-order valence-corrected chi connectivity index (χ0v) is 18.0. The number of non-ortho nitro benzene ring substituents is 1. The van der Waals surface area contributed by atoms with Gasteiger partial charge in [0, 0.05) is 50.5 Å². The van der Waals surface area contributed by atoms with Crippen molar-refractivity contribution >= 4 is 27.2 Å². The van der Waals surface area contributed by atoms with Crippen molar-refractivity contribution in [3.63, 3.8) is 0 Å². The molecule has 0 amide bonds. The third-order valence-corrected chi connectivity index (χ3v) is 5.75. The SMILES string of the molecule is COc1cc(N=C(C)N(C)CCNS(=O)(=O)c2ccc([N+](=O)[O-])cc2)cc(OC)c1. The van der Waals surface area contributed by atoms with Gasteiger partial charge in [0.1, 0.15) is 17.3 Å². The van der Waals surface area contributed by atoms with E-state index in [0.717, 1.165) is 12.1 Å². The second-order valence-corrected chi connectivity index (χ2v) is 8.07. The lowest BCUT2D eigenvalue weighted by atomic mass is 10.3. The average Bonchev–Trinajstić information content (AvgIpc) is 2.73. The first-order chi connectivity index (χ1) is 14.2. The lowest BCUT2D eigenvalue weighted by molar-refractivity contribution is -0.384. The Labute approximate surface area is 175 Å². The first-order valence-corrected chi connectivity index (χ1v) is 10.4. The summed E-state index contributed by atoms with van der Waals surface area (Å²) in [4.78, 5) is 16.4. The largest absolute Gasteiger partial charge is 0.497 e. The Kier molecular flexibility index (Phi) is 7.72. The van der Waals surface area contributed by atoms with Crippen LogP contribution in [0, 0.1) is 10.1 Å². The van der Waals surface area contributed by atoms with Gasteiger partial charge in [-0.2, -0.15) is 0 Å². The van der Waals surface area contributed by atoms with E-state index in [1.165, 1.54) is 12.1 Å². The topological polar surface area (TPSA) is 123 Å². The van der Waals surface area contributed by atoms with Crippen LogP contribution in [-0.2, 0) is 10.0 Å². The summed E-state index contributed by atoms with van der Waals surface area (Å²) >= 11 is 0. The normalized spacial score (nSPS) is 11.8. The molecule has 0 radical (unpaired) electrons. The maximum atomic E-state index is 12.3. The molecule has 0 aliphatic carbocycles. The molecular weight excluding hydrogens is 412 g/mol. The van der Waals surface area contributed by atoms with Crippen molar-refractivity contribution in [2.75, 3.05) is 34.4 Å². The van der Waals surface area contributed by atoms with Gasteiger partial charge >= 0.3 is 0 Å². The van der Waals surface area contributed by atoms with Gasteiger partial charge in [-0.15, -0.1) is 0 Å². The van der Waals surface area contributed by atoms with Crippen molar-refractivity contribution in [3.05, 3.63) is 52.6 Å². The fourth-order valence-corrected chi connectivity index (χ4v) is 3.49. The fourth-order valence-electron chi connectivity index (χ4n) is 2.47. The number of benzene rings is 2. The number of nitrogens with zero attached hydrogens (tertiary/aromatic N) is 3. The number of hydrogen-bond acceptors (Lipinski definition) is 7. The molecule has 0 aromatic heterocycles. The molecule has 0 saturated heterocycles. The molecule has 2 aromatic rings. The van der Waals surface area contributed by atoms with Gasteiger partial charge < -0.3 is 14.4 Å². The second kappa shape index (κ2) is 10.0. The third kappa shape index (κ3) is 6.16. The van der Waals surface area contributed by atoms with E-state index in [2.05, 4.69) is 9.71 Å². The Bertz CT molecular complexity index is 1000. The van der Waals surface area contributed by atoms with E-state index in [0.29, 0.717) is 29.6 Å². The van der Waals surface area contributed by atoms with E-state index in [9.17, 15) is 18.5 Å². The van der Waals surface area contributed by atoms with Gasteiger partial charge in [-0.3, -0.25) is 10.1 Å². The molecule has 0 saturated carbocycles. The quantitative estimate of drug-likeness (QED) is 0.277. The molecule has 0 atom stereocenters. The zero-order chi connectivity index (χ0) is 22.3. The maximum Gasteiger partial charge on any atom is 0.269 e. The summed E-state index contributed by atoms with van der Waals surface area (Å²) < 4.78 is 37.6. The summed E-state index contributed by atoms with van der Waals surface area (Å²) in [6, 6.07) is 9.97. The molecular formula is C19H24N4O6S. The predicted octanol–water partition coefficient (Wildman–Crippen LogP) is 2.57. The van der Waals surface area contributed by atoms with E-state index in [1.807, 2.05) is 0 Å². The van der Waals surface area contributed by atoms with E-state index >= 15 is 0 Å². The Morgan fingerprint density at radius 3 is 2.20 bits per heavy atom. The highest BCUT2D eigenvalue weighted by Crippen LogP contribution is 2.27. The number of rotatable bonds is 9. The van der Waals surface area contributed by atoms with Gasteiger partial charge in [0.2, 0.25) is 10.0 Å². The molecule has 2 rings (SSSR count). The highest BCUT2D eigenvalue weighted by Gasteiger charge is 2.15. The summed E-state index contributed by atoms with van der Waals surface area (Å²) in [5.41, 5.74) is 0.469. The third-order valence-electron chi connectivity index (χ3n) is 4.28. The molecule has 162 valence electrons. The van der Waals surface area contributed by atoms with E-state index in [-0.39, 0.29) is 17.1 Å². The molecule has 11 heteroatoms. The van der Waals surface area contributed by atoms with Crippen LogP contribution in [0.5, 0.6) is 11.5 Å². The van der Waals surface area contributed by atoms with Crippen LogP contribution in [0.15, 0.2) is 52.4 Å². The first-order valence-electron chi connectivity index (χ1n) is 8.90. The summed E-state index contributed by atoms with van der Waals surface area (Å²) in [5, 5.41) is 10.7. The number of nitrogens with one attached hydrogen (secondary N) is 1. The summed E-state index contributed by atoms with van der Waals surface area (Å²) in [7, 11) is 1.12. The van der Waals surface area contributed by atoms with Crippen LogP contribution in [0.1, 0.15) is 6.92 Å². The molecule has 1 N–H and O–H groups in total. The lowest BCUT2D eigenvalue weighted by Crippen LogP contribution is -2.35. The zero-order valence-electron chi connectivity index (χ0n) is 17.2. The number of amidine groups is 1. The van der Waals surface area contributed by atoms with Crippen LogP contribution in [0.2, 0.25) is 0 Å². The molecule has 0 heterocycles. The monoisotopic (exact) mass is 436 g/mol. The highest BCUT2D eigenvalue weighted by molar-refractivity contribution is 7.89. The molecule has 0 unspecified atom stereocenters. The van der Waals surface area contributed by atoms with Crippen LogP contribution >= 0.6 is 0 Å². The van der Waals surface area contributed by atoms with Crippen LogP contribution in [0.3, 0.4) is 0 Å². The summed E-state index contributed by atoms with van der Waals surface area (Å²) in [5.74, 6) is 1.89. The molecule has 2 aromatic carbocycles. The number of methoxy groups -OCH3 is 2. The van der Waals surface area contributed by atoms with Crippen molar-refractivity contribution in [2.45, 2.75) is 11.8 Å². The van der Waals surface area contributed by atoms with Crippen LogP contribution < -0.4 is 14.2 Å². The van der Waals surface area contributed by atoms with Crippen molar-refractivity contribution in [1.82, 2.24) is 9.62 Å². The van der Waals surface area contributed by atoms with Gasteiger partial charge in [-0.05, 0) is 19.1 Å². The van der Waals surface area contributed by atoms with Gasteiger partial charge in [0.05, 0.1) is 29.7 Å². The van der Waals surface area contributed by atoms with Gasteiger partial charge in [-0.25, -0.2) is 18.1 Å². The molecule has 30 heavy (non-hydrogen) atoms. The Balaban J connectivity index is 2.00. The minimum Gasteiger partial charge on any atom is -0.497 e.